The van der Waals surface area contributed by atoms with Crippen molar-refractivity contribution in [2.75, 3.05) is 13.6 Å². The highest BCUT2D eigenvalue weighted by Gasteiger charge is 2.51. The Morgan fingerprint density at radius 2 is 1.67 bits per heavy atom. The molecule has 0 heterocycles. The van der Waals surface area contributed by atoms with E-state index in [4.69, 9.17) is 0 Å². The van der Waals surface area contributed by atoms with E-state index in [-0.39, 0.29) is 11.4 Å². The summed E-state index contributed by atoms with van der Waals surface area (Å²) in [4.78, 5) is 12.1. The molecule has 0 aromatic carbocycles. The zero-order valence-corrected chi connectivity index (χ0v) is 11.5. The molecule has 1 amide bonds. The Hall–Kier alpha value is -0.570. The summed E-state index contributed by atoms with van der Waals surface area (Å²) in [7, 11) is 1.94. The van der Waals surface area contributed by atoms with Gasteiger partial charge in [0.2, 0.25) is 5.91 Å². The summed E-state index contributed by atoms with van der Waals surface area (Å²) in [6.07, 6.45) is 9.74. The number of carbonyl (C=O) groups is 1. The Labute approximate surface area is 110 Å². The number of hydrogen-bond donors (Lipinski definition) is 2. The highest BCUT2D eigenvalue weighted by Crippen LogP contribution is 2.55. The van der Waals surface area contributed by atoms with Crippen LogP contribution in [0, 0.1) is 17.8 Å². The molecule has 0 saturated heterocycles. The van der Waals surface area contributed by atoms with Crippen molar-refractivity contribution in [3.8, 4) is 0 Å². The van der Waals surface area contributed by atoms with Crippen LogP contribution in [-0.2, 0) is 4.79 Å². The summed E-state index contributed by atoms with van der Waals surface area (Å²) in [5.41, 5.74) is 0.200. The third kappa shape index (κ3) is 2.42. The molecule has 3 nitrogen and oxygen atoms in total. The van der Waals surface area contributed by atoms with E-state index < -0.39 is 0 Å². The van der Waals surface area contributed by atoms with Crippen LogP contribution in [0.5, 0.6) is 0 Å². The van der Waals surface area contributed by atoms with Crippen molar-refractivity contribution in [2.24, 2.45) is 17.8 Å². The van der Waals surface area contributed by atoms with E-state index in [0.29, 0.717) is 6.42 Å². The minimum atomic E-state index is 0.200. The highest BCUT2D eigenvalue weighted by molar-refractivity contribution is 5.76. The molecule has 0 atom stereocenters. The summed E-state index contributed by atoms with van der Waals surface area (Å²) in [5.74, 6) is 3.02. The van der Waals surface area contributed by atoms with Crippen LogP contribution < -0.4 is 10.6 Å². The van der Waals surface area contributed by atoms with Crippen LogP contribution in [0.4, 0.5) is 0 Å². The molecule has 0 radical (unpaired) electrons. The average molecular weight is 250 g/mol. The Balaban J connectivity index is 1.57. The molecule has 0 aliphatic heterocycles. The lowest BCUT2D eigenvalue weighted by molar-refractivity contribution is -0.126. The first-order chi connectivity index (χ1) is 8.69. The van der Waals surface area contributed by atoms with Gasteiger partial charge in [-0.25, -0.2) is 0 Å². The molecule has 4 rings (SSSR count). The van der Waals surface area contributed by atoms with Gasteiger partial charge in [-0.05, 0) is 76.3 Å². The molecule has 0 aromatic heterocycles. The molecule has 4 aliphatic carbocycles. The predicted molar refractivity (Wildman–Crippen MR) is 72.2 cm³/mol. The van der Waals surface area contributed by atoms with Gasteiger partial charge in [-0.2, -0.15) is 0 Å². The molecule has 4 saturated carbocycles. The van der Waals surface area contributed by atoms with Crippen molar-refractivity contribution in [3.05, 3.63) is 0 Å². The molecule has 0 spiro atoms. The zero-order chi connectivity index (χ0) is 12.6. The molecule has 4 aliphatic rings. The van der Waals surface area contributed by atoms with Crippen LogP contribution in [0.3, 0.4) is 0 Å². The molecule has 4 fully saturated rings. The SMILES string of the molecule is CNCCCC(=O)NC12CC3CC(CC(C3)C1)C2. The molecule has 18 heavy (non-hydrogen) atoms. The summed E-state index contributed by atoms with van der Waals surface area (Å²) >= 11 is 0. The smallest absolute Gasteiger partial charge is 0.220 e. The summed E-state index contributed by atoms with van der Waals surface area (Å²) in [6.45, 7) is 0.939. The van der Waals surface area contributed by atoms with Gasteiger partial charge in [0, 0.05) is 12.0 Å². The lowest BCUT2D eigenvalue weighted by atomic mass is 9.53. The quantitative estimate of drug-likeness (QED) is 0.733. The Morgan fingerprint density at radius 1 is 1.11 bits per heavy atom. The molecule has 3 heteroatoms. The fourth-order valence-electron chi connectivity index (χ4n) is 5.05. The van der Waals surface area contributed by atoms with Crippen LogP contribution in [0.2, 0.25) is 0 Å². The van der Waals surface area contributed by atoms with Gasteiger partial charge in [-0.1, -0.05) is 0 Å². The number of rotatable bonds is 5. The number of nitrogens with one attached hydrogen (secondary N) is 2. The second kappa shape index (κ2) is 4.84. The van der Waals surface area contributed by atoms with Crippen molar-refractivity contribution in [1.29, 1.82) is 0 Å². The molecule has 4 bridgehead atoms. The van der Waals surface area contributed by atoms with Gasteiger partial charge in [0.05, 0.1) is 0 Å². The number of amides is 1. The Morgan fingerprint density at radius 3 is 2.17 bits per heavy atom. The monoisotopic (exact) mass is 250 g/mol. The maximum absolute atomic E-state index is 12.1. The zero-order valence-electron chi connectivity index (χ0n) is 11.5. The molecular formula is C15H26N2O. The van der Waals surface area contributed by atoms with Gasteiger partial charge in [-0.15, -0.1) is 0 Å². The normalized spacial score (nSPS) is 41.1. The van der Waals surface area contributed by atoms with E-state index in [2.05, 4.69) is 10.6 Å². The molecule has 0 aromatic rings. The van der Waals surface area contributed by atoms with Crippen molar-refractivity contribution in [1.82, 2.24) is 10.6 Å². The van der Waals surface area contributed by atoms with Gasteiger partial charge in [0.1, 0.15) is 0 Å². The fourth-order valence-corrected chi connectivity index (χ4v) is 5.05. The molecule has 0 unspecified atom stereocenters. The lowest BCUT2D eigenvalue weighted by Gasteiger charge is -2.56. The first kappa shape index (κ1) is 12.5. The minimum Gasteiger partial charge on any atom is -0.351 e. The van der Waals surface area contributed by atoms with E-state index >= 15 is 0 Å². The van der Waals surface area contributed by atoms with Crippen LogP contribution in [0.1, 0.15) is 51.4 Å². The second-order valence-electron chi connectivity index (χ2n) is 6.95. The summed E-state index contributed by atoms with van der Waals surface area (Å²) < 4.78 is 0. The molecular weight excluding hydrogens is 224 g/mol. The minimum absolute atomic E-state index is 0.200. The summed E-state index contributed by atoms with van der Waals surface area (Å²) in [6, 6.07) is 0. The highest BCUT2D eigenvalue weighted by atomic mass is 16.1. The van der Waals surface area contributed by atoms with Gasteiger partial charge in [-0.3, -0.25) is 4.79 Å². The maximum atomic E-state index is 12.1. The fraction of sp³-hybridized carbons (Fsp3) is 0.933. The van der Waals surface area contributed by atoms with Crippen molar-refractivity contribution >= 4 is 5.91 Å². The lowest BCUT2D eigenvalue weighted by Crippen LogP contribution is -2.59. The van der Waals surface area contributed by atoms with E-state index in [1.165, 1.54) is 38.5 Å². The van der Waals surface area contributed by atoms with Gasteiger partial charge in [0.15, 0.2) is 0 Å². The van der Waals surface area contributed by atoms with Crippen molar-refractivity contribution in [3.63, 3.8) is 0 Å². The maximum Gasteiger partial charge on any atom is 0.220 e. The Bertz CT molecular complexity index is 291. The van der Waals surface area contributed by atoms with Crippen LogP contribution in [0.15, 0.2) is 0 Å². The third-order valence-corrected chi connectivity index (χ3v) is 5.27. The third-order valence-electron chi connectivity index (χ3n) is 5.27. The van der Waals surface area contributed by atoms with Crippen molar-refractivity contribution < 1.29 is 4.79 Å². The van der Waals surface area contributed by atoms with E-state index in [0.717, 1.165) is 30.7 Å². The predicted octanol–water partition coefficient (Wildman–Crippen LogP) is 2.07. The molecule has 2 N–H and O–H groups in total. The van der Waals surface area contributed by atoms with Gasteiger partial charge in [0.25, 0.3) is 0 Å². The first-order valence-electron chi connectivity index (χ1n) is 7.65. The number of hydrogen-bond acceptors (Lipinski definition) is 2. The van der Waals surface area contributed by atoms with Gasteiger partial charge >= 0.3 is 0 Å². The second-order valence-corrected chi connectivity index (χ2v) is 6.95. The van der Waals surface area contributed by atoms with Gasteiger partial charge < -0.3 is 10.6 Å². The topological polar surface area (TPSA) is 41.1 Å². The largest absolute Gasteiger partial charge is 0.351 e. The average Bonchev–Trinajstić information content (AvgIpc) is 2.26. The van der Waals surface area contributed by atoms with E-state index in [9.17, 15) is 4.79 Å². The Kier molecular flexibility index (Phi) is 3.35. The van der Waals surface area contributed by atoms with Crippen LogP contribution in [-0.4, -0.2) is 25.0 Å². The summed E-state index contributed by atoms with van der Waals surface area (Å²) in [5, 5.41) is 6.52. The molecule has 102 valence electrons. The van der Waals surface area contributed by atoms with Crippen LogP contribution in [0.25, 0.3) is 0 Å². The van der Waals surface area contributed by atoms with Crippen LogP contribution >= 0.6 is 0 Å². The van der Waals surface area contributed by atoms with E-state index in [1.54, 1.807) is 0 Å². The van der Waals surface area contributed by atoms with E-state index in [1.807, 2.05) is 7.05 Å². The first-order valence-corrected chi connectivity index (χ1v) is 7.65. The standard InChI is InChI=1S/C15H26N2O/c1-16-4-2-3-14(18)17-15-8-11-5-12(9-15)7-13(6-11)10-15/h11-13,16H,2-10H2,1H3,(H,17,18). The van der Waals surface area contributed by atoms with Crippen molar-refractivity contribution in [2.45, 2.75) is 56.9 Å². The number of carbonyl (C=O) groups excluding carboxylic acids is 1.